The van der Waals surface area contributed by atoms with E-state index in [1.54, 1.807) is 30.2 Å². The molecule has 2 aliphatic carbocycles. The molecule has 0 bridgehead atoms. The summed E-state index contributed by atoms with van der Waals surface area (Å²) in [6, 6.07) is 18.2. The first-order valence-electron chi connectivity index (χ1n) is 16.9. The second kappa shape index (κ2) is 13.1. The molecule has 1 aromatic heterocycles. The lowest BCUT2D eigenvalue weighted by Gasteiger charge is -2.45. The molecule has 3 aromatic carbocycles. The van der Waals surface area contributed by atoms with Crippen LogP contribution < -0.4 is 14.8 Å². The number of carbonyl (C=O) groups is 2. The highest BCUT2D eigenvalue weighted by atomic mass is 19.4. The van der Waals surface area contributed by atoms with Crippen molar-refractivity contribution in [3.8, 4) is 11.5 Å². The van der Waals surface area contributed by atoms with Gasteiger partial charge in [0.05, 0.1) is 25.5 Å². The van der Waals surface area contributed by atoms with Gasteiger partial charge < -0.3 is 24.7 Å². The van der Waals surface area contributed by atoms with E-state index >= 15 is 0 Å². The van der Waals surface area contributed by atoms with Gasteiger partial charge in [-0.1, -0.05) is 63.4 Å². The standard InChI is InChI=1S/C39H44F3N3O4/c1-24-34(28-11-7-8-12-30(28)43-24)35-29(37(35,2)3)22-33(46)45(23-25-13-15-26(16-14-25)39(40,41)42)38(19-9-6-10-20-38)36(47)44-31-18-17-27(48-4)21-32(31)49-5/h7-8,11-18,21,29,35,43H,6,9-10,19-20,22-23H2,1-5H3,(H,44,47). The maximum atomic E-state index is 14.8. The summed E-state index contributed by atoms with van der Waals surface area (Å²) in [6.07, 6.45) is -1.03. The maximum absolute atomic E-state index is 14.8. The number of aromatic nitrogens is 1. The molecule has 2 amide bonds. The maximum Gasteiger partial charge on any atom is 0.416 e. The fourth-order valence-electron chi connectivity index (χ4n) is 8.05. The van der Waals surface area contributed by atoms with Gasteiger partial charge in [0.1, 0.15) is 17.0 Å². The van der Waals surface area contributed by atoms with E-state index in [9.17, 15) is 22.8 Å². The number of aromatic amines is 1. The van der Waals surface area contributed by atoms with Crippen LogP contribution in [0, 0.1) is 18.3 Å². The van der Waals surface area contributed by atoms with Crippen LogP contribution in [0.15, 0.2) is 66.7 Å². The first-order chi connectivity index (χ1) is 23.3. The first-order valence-corrected chi connectivity index (χ1v) is 16.9. The molecule has 0 spiro atoms. The Morgan fingerprint density at radius 3 is 2.31 bits per heavy atom. The second-order valence-electron chi connectivity index (χ2n) is 14.1. The molecule has 2 fully saturated rings. The van der Waals surface area contributed by atoms with Crippen LogP contribution in [0.25, 0.3) is 10.9 Å². The van der Waals surface area contributed by atoms with E-state index in [0.29, 0.717) is 35.6 Å². The number of hydrogen-bond donors (Lipinski definition) is 2. The molecule has 10 heteroatoms. The number of hydrogen-bond acceptors (Lipinski definition) is 4. The van der Waals surface area contributed by atoms with Crippen molar-refractivity contribution >= 4 is 28.4 Å². The Labute approximate surface area is 285 Å². The predicted molar refractivity (Wildman–Crippen MR) is 184 cm³/mol. The molecule has 0 radical (unpaired) electrons. The zero-order chi connectivity index (χ0) is 35.1. The van der Waals surface area contributed by atoms with Crippen molar-refractivity contribution in [2.24, 2.45) is 11.3 Å². The van der Waals surface area contributed by atoms with Crippen LogP contribution >= 0.6 is 0 Å². The fraction of sp³-hybridized carbons (Fsp3) is 0.436. The van der Waals surface area contributed by atoms with Gasteiger partial charge in [-0.05, 0) is 78.5 Å². The van der Waals surface area contributed by atoms with Crippen LogP contribution in [0.5, 0.6) is 11.5 Å². The SMILES string of the molecule is COc1ccc(NC(=O)C2(N(Cc3ccc(C(F)(F)F)cc3)C(=O)CC3C(c4c(C)[nH]c5ccccc45)C3(C)C)CCCCC2)c(OC)c1. The van der Waals surface area contributed by atoms with Crippen LogP contribution in [0.1, 0.15) is 80.7 Å². The zero-order valence-electron chi connectivity index (χ0n) is 28.7. The van der Waals surface area contributed by atoms with E-state index in [0.717, 1.165) is 48.0 Å². The van der Waals surface area contributed by atoms with Crippen molar-refractivity contribution in [2.75, 3.05) is 19.5 Å². The molecule has 2 aliphatic rings. The predicted octanol–water partition coefficient (Wildman–Crippen LogP) is 9.01. The van der Waals surface area contributed by atoms with Gasteiger partial charge in [-0.3, -0.25) is 9.59 Å². The van der Waals surface area contributed by atoms with Crippen molar-refractivity contribution in [3.63, 3.8) is 0 Å². The number of rotatable bonds is 10. The van der Waals surface area contributed by atoms with Crippen molar-refractivity contribution in [2.45, 2.75) is 83.5 Å². The number of alkyl halides is 3. The van der Waals surface area contributed by atoms with Crippen molar-refractivity contribution in [1.29, 1.82) is 0 Å². The molecule has 0 aliphatic heterocycles. The van der Waals surface area contributed by atoms with Crippen molar-refractivity contribution < 1.29 is 32.2 Å². The highest BCUT2D eigenvalue weighted by Crippen LogP contribution is 2.67. The number of nitrogens with one attached hydrogen (secondary N) is 2. The third-order valence-corrected chi connectivity index (χ3v) is 10.9. The summed E-state index contributed by atoms with van der Waals surface area (Å²) in [7, 11) is 3.05. The normalized spacial score (nSPS) is 19.7. The minimum absolute atomic E-state index is 0.00800. The third-order valence-electron chi connectivity index (χ3n) is 10.9. The van der Waals surface area contributed by atoms with Gasteiger partial charge in [-0.2, -0.15) is 13.2 Å². The van der Waals surface area contributed by atoms with Gasteiger partial charge in [0, 0.05) is 35.6 Å². The quantitative estimate of drug-likeness (QED) is 0.176. The highest BCUT2D eigenvalue weighted by molar-refractivity contribution is 6.01. The van der Waals surface area contributed by atoms with Gasteiger partial charge in [-0.15, -0.1) is 0 Å². The molecule has 49 heavy (non-hydrogen) atoms. The Bertz CT molecular complexity index is 1840. The summed E-state index contributed by atoms with van der Waals surface area (Å²) < 4.78 is 51.2. The van der Waals surface area contributed by atoms with Crippen LogP contribution in [-0.2, 0) is 22.3 Å². The Kier molecular flexibility index (Phi) is 9.19. The molecule has 7 nitrogen and oxygen atoms in total. The fourth-order valence-corrected chi connectivity index (χ4v) is 8.05. The zero-order valence-corrected chi connectivity index (χ0v) is 28.7. The van der Waals surface area contributed by atoms with Crippen LogP contribution in [0.2, 0.25) is 0 Å². The number of anilines is 1. The van der Waals surface area contributed by atoms with Crippen molar-refractivity contribution in [1.82, 2.24) is 9.88 Å². The first kappa shape index (κ1) is 34.4. The van der Waals surface area contributed by atoms with E-state index in [-0.39, 0.29) is 42.0 Å². The molecular weight excluding hydrogens is 631 g/mol. The summed E-state index contributed by atoms with van der Waals surface area (Å²) in [6.45, 7) is 6.43. The molecular formula is C39H44F3N3O4. The second-order valence-corrected chi connectivity index (χ2v) is 14.1. The number of H-pyrrole nitrogens is 1. The lowest BCUT2D eigenvalue weighted by Crippen LogP contribution is -2.59. The van der Waals surface area contributed by atoms with E-state index in [4.69, 9.17) is 9.47 Å². The van der Waals surface area contributed by atoms with Crippen LogP contribution in [0.3, 0.4) is 0 Å². The number of fused-ring (bicyclic) bond motifs is 1. The van der Waals surface area contributed by atoms with E-state index in [1.807, 2.05) is 12.1 Å². The third kappa shape index (κ3) is 6.49. The minimum Gasteiger partial charge on any atom is -0.497 e. The molecule has 0 saturated heterocycles. The number of amides is 2. The summed E-state index contributed by atoms with van der Waals surface area (Å²) in [5.74, 6) is 0.592. The molecule has 2 N–H and O–H groups in total. The average molecular weight is 676 g/mol. The average Bonchev–Trinajstić information content (AvgIpc) is 3.43. The molecule has 2 atom stereocenters. The van der Waals surface area contributed by atoms with Gasteiger partial charge in [-0.25, -0.2) is 0 Å². The number of aryl methyl sites for hydroxylation is 1. The molecule has 1 heterocycles. The minimum atomic E-state index is -4.48. The monoisotopic (exact) mass is 675 g/mol. The largest absolute Gasteiger partial charge is 0.497 e. The summed E-state index contributed by atoms with van der Waals surface area (Å²) in [4.78, 5) is 34.5. The Hall–Kier alpha value is -4.47. The molecule has 4 aromatic rings. The Morgan fingerprint density at radius 2 is 1.65 bits per heavy atom. The number of ether oxygens (including phenoxy) is 2. The summed E-state index contributed by atoms with van der Waals surface area (Å²) in [5, 5.41) is 4.20. The lowest BCUT2D eigenvalue weighted by molar-refractivity contribution is -0.149. The smallest absolute Gasteiger partial charge is 0.416 e. The summed E-state index contributed by atoms with van der Waals surface area (Å²) in [5.41, 5.74) is 2.16. The number of nitrogens with zero attached hydrogens (tertiary/aromatic N) is 1. The summed E-state index contributed by atoms with van der Waals surface area (Å²) >= 11 is 0. The van der Waals surface area contributed by atoms with E-state index in [2.05, 4.69) is 43.2 Å². The van der Waals surface area contributed by atoms with Gasteiger partial charge in [0.15, 0.2) is 0 Å². The van der Waals surface area contributed by atoms with E-state index < -0.39 is 17.3 Å². The molecule has 6 rings (SSSR count). The van der Waals surface area contributed by atoms with Crippen LogP contribution in [0.4, 0.5) is 18.9 Å². The van der Waals surface area contributed by atoms with Crippen molar-refractivity contribution in [3.05, 3.63) is 89.1 Å². The Balaban J connectivity index is 1.36. The molecule has 260 valence electrons. The number of carbonyl (C=O) groups excluding carboxylic acids is 2. The lowest BCUT2D eigenvalue weighted by atomic mass is 9.78. The molecule has 2 unspecified atom stereocenters. The number of halogens is 3. The van der Waals surface area contributed by atoms with Gasteiger partial charge in [0.2, 0.25) is 11.8 Å². The number of para-hydroxylation sites is 1. The number of methoxy groups -OCH3 is 2. The van der Waals surface area contributed by atoms with E-state index in [1.165, 1.54) is 24.8 Å². The van der Waals surface area contributed by atoms with Gasteiger partial charge >= 0.3 is 6.18 Å². The van der Waals surface area contributed by atoms with Crippen LogP contribution in [-0.4, -0.2) is 41.5 Å². The number of benzene rings is 3. The Morgan fingerprint density at radius 1 is 0.959 bits per heavy atom. The molecule has 2 saturated carbocycles. The topological polar surface area (TPSA) is 83.7 Å². The van der Waals surface area contributed by atoms with Gasteiger partial charge in [0.25, 0.3) is 0 Å². The highest BCUT2D eigenvalue weighted by Gasteiger charge is 2.60.